The third kappa shape index (κ3) is 4.98. The smallest absolute Gasteiger partial charge is 0.267 e. The summed E-state index contributed by atoms with van der Waals surface area (Å²) in [5, 5.41) is 14.6. The molecule has 0 fully saturated rings. The molecule has 0 aliphatic heterocycles. The number of nitrogens with one attached hydrogen (secondary N) is 1. The van der Waals surface area contributed by atoms with E-state index in [4.69, 9.17) is 5.21 Å². The summed E-state index contributed by atoms with van der Waals surface area (Å²) < 4.78 is 4.21. The van der Waals surface area contributed by atoms with Crippen molar-refractivity contribution in [3.8, 4) is 0 Å². The largest absolute Gasteiger partial charge is 0.350 e. The van der Waals surface area contributed by atoms with Crippen molar-refractivity contribution in [2.45, 2.75) is 45.3 Å². The zero-order valence-corrected chi connectivity index (χ0v) is 20.9. The average Bonchev–Trinajstić information content (AvgIpc) is 3.62. The van der Waals surface area contributed by atoms with Gasteiger partial charge in [0.1, 0.15) is 0 Å². The molecule has 2 aromatic heterocycles. The van der Waals surface area contributed by atoms with Crippen molar-refractivity contribution in [2.75, 3.05) is 6.54 Å². The van der Waals surface area contributed by atoms with Gasteiger partial charge < -0.3 is 4.57 Å². The lowest BCUT2D eigenvalue weighted by atomic mass is 10.0. The van der Waals surface area contributed by atoms with Crippen LogP contribution in [0.1, 0.15) is 47.2 Å². The van der Waals surface area contributed by atoms with E-state index in [2.05, 4.69) is 83.4 Å². The molecule has 1 amide bonds. The van der Waals surface area contributed by atoms with Crippen molar-refractivity contribution in [2.24, 2.45) is 7.05 Å². The number of rotatable bonds is 9. The van der Waals surface area contributed by atoms with Gasteiger partial charge in [-0.05, 0) is 60.6 Å². The third-order valence-corrected chi connectivity index (χ3v) is 7.24. The summed E-state index contributed by atoms with van der Waals surface area (Å²) in [5.74, 6) is -0.527. The van der Waals surface area contributed by atoms with Gasteiger partial charge in [-0.2, -0.15) is 5.10 Å². The number of benzene rings is 2. The van der Waals surface area contributed by atoms with E-state index in [9.17, 15) is 4.79 Å². The van der Waals surface area contributed by atoms with E-state index in [-0.39, 0.29) is 0 Å². The number of para-hydroxylation sites is 1. The van der Waals surface area contributed by atoms with Crippen molar-refractivity contribution >= 4 is 22.9 Å². The molecule has 186 valence electrons. The van der Waals surface area contributed by atoms with Crippen LogP contribution in [0.15, 0.2) is 67.1 Å². The predicted octanol–water partition coefficient (Wildman–Crippen LogP) is 4.65. The number of carbonyl (C=O) groups excluding carboxylic acids is 1. The summed E-state index contributed by atoms with van der Waals surface area (Å²) in [6.07, 6.45) is 12.5. The van der Waals surface area contributed by atoms with Crippen LogP contribution < -0.4 is 5.48 Å². The minimum absolute atomic E-state index is 0.332. The van der Waals surface area contributed by atoms with Gasteiger partial charge in [0, 0.05) is 67.7 Å². The maximum atomic E-state index is 11.4. The SMILES string of the molecule is CCn1cc(CN(CCc2cn(C)c3ccccc23)C2CCc3cc(/C=C/C(=O)NO)ccc32)cn1. The highest BCUT2D eigenvalue weighted by Gasteiger charge is 2.28. The van der Waals surface area contributed by atoms with Crippen molar-refractivity contribution in [1.82, 2.24) is 24.7 Å². The maximum Gasteiger partial charge on any atom is 0.267 e. The molecule has 2 N–H and O–H groups in total. The molecule has 1 aliphatic carbocycles. The van der Waals surface area contributed by atoms with Crippen molar-refractivity contribution in [3.63, 3.8) is 0 Å². The molecule has 0 saturated heterocycles. The number of amides is 1. The number of aryl methyl sites for hydroxylation is 3. The summed E-state index contributed by atoms with van der Waals surface area (Å²) in [4.78, 5) is 14.0. The van der Waals surface area contributed by atoms with Gasteiger partial charge in [-0.3, -0.25) is 19.6 Å². The zero-order valence-electron chi connectivity index (χ0n) is 20.9. The summed E-state index contributed by atoms with van der Waals surface area (Å²) in [5.41, 5.74) is 9.17. The van der Waals surface area contributed by atoms with Crippen molar-refractivity contribution in [3.05, 3.63) is 94.9 Å². The quantitative estimate of drug-likeness (QED) is 0.207. The first-order valence-corrected chi connectivity index (χ1v) is 12.6. The second-order valence-corrected chi connectivity index (χ2v) is 9.53. The second-order valence-electron chi connectivity index (χ2n) is 9.53. The highest BCUT2D eigenvalue weighted by Crippen LogP contribution is 2.37. The Hall–Kier alpha value is -3.68. The van der Waals surface area contributed by atoms with Crippen molar-refractivity contribution in [1.29, 1.82) is 0 Å². The molecular formula is C29H33N5O2. The number of hydrogen-bond donors (Lipinski definition) is 2. The van der Waals surface area contributed by atoms with E-state index < -0.39 is 5.91 Å². The lowest BCUT2D eigenvalue weighted by molar-refractivity contribution is -0.124. The number of fused-ring (bicyclic) bond motifs is 2. The summed E-state index contributed by atoms with van der Waals surface area (Å²) >= 11 is 0. The lowest BCUT2D eigenvalue weighted by Crippen LogP contribution is -2.29. The monoisotopic (exact) mass is 483 g/mol. The molecular weight excluding hydrogens is 450 g/mol. The Morgan fingerprint density at radius 2 is 2.11 bits per heavy atom. The van der Waals surface area contributed by atoms with E-state index in [0.29, 0.717) is 6.04 Å². The van der Waals surface area contributed by atoms with Gasteiger partial charge in [0.2, 0.25) is 0 Å². The van der Waals surface area contributed by atoms with Gasteiger partial charge in [-0.25, -0.2) is 5.48 Å². The first kappa shape index (κ1) is 24.0. The Morgan fingerprint density at radius 3 is 2.92 bits per heavy atom. The van der Waals surface area contributed by atoms with Gasteiger partial charge in [-0.15, -0.1) is 0 Å². The number of carbonyl (C=O) groups is 1. The van der Waals surface area contributed by atoms with Crippen LogP contribution >= 0.6 is 0 Å². The number of aromatic nitrogens is 3. The molecule has 4 aromatic rings. The summed E-state index contributed by atoms with van der Waals surface area (Å²) in [6.45, 7) is 4.78. The molecule has 1 atom stereocenters. The van der Waals surface area contributed by atoms with E-state index in [1.165, 1.54) is 39.2 Å². The molecule has 0 bridgehead atoms. The highest BCUT2D eigenvalue weighted by atomic mass is 16.5. The molecule has 7 heteroatoms. The topological polar surface area (TPSA) is 75.3 Å². The minimum Gasteiger partial charge on any atom is -0.350 e. The fraction of sp³-hybridized carbons (Fsp3) is 0.310. The number of hydroxylamine groups is 1. The van der Waals surface area contributed by atoms with Crippen LogP contribution in [0.2, 0.25) is 0 Å². The fourth-order valence-electron chi connectivity index (χ4n) is 5.44. The standard InChI is InChI=1S/C29H33N5O2/c1-3-34-19-22(17-30-34)18-33(15-14-24-20-32(2)27-7-5-4-6-25(24)27)28-12-10-23-16-21(8-11-26(23)28)9-13-29(35)31-36/h4-9,11,13,16-17,19-20,28,36H,3,10,12,14-15,18H2,1-2H3,(H,31,35)/b13-9+. The van der Waals surface area contributed by atoms with E-state index in [1.807, 2.05) is 10.9 Å². The molecule has 7 nitrogen and oxygen atoms in total. The Morgan fingerprint density at radius 1 is 1.25 bits per heavy atom. The van der Waals surface area contributed by atoms with Crippen LogP contribution in [-0.2, 0) is 37.8 Å². The molecule has 2 aromatic carbocycles. The average molecular weight is 484 g/mol. The number of hydrogen-bond acceptors (Lipinski definition) is 4. The van der Waals surface area contributed by atoms with Gasteiger partial charge in [0.15, 0.2) is 0 Å². The molecule has 0 radical (unpaired) electrons. The van der Waals surface area contributed by atoms with Crippen LogP contribution in [0, 0.1) is 0 Å². The zero-order chi connectivity index (χ0) is 25.1. The Bertz CT molecular complexity index is 1400. The molecule has 0 spiro atoms. The molecule has 1 aliphatic rings. The van der Waals surface area contributed by atoms with Crippen molar-refractivity contribution < 1.29 is 10.0 Å². The minimum atomic E-state index is -0.527. The first-order valence-electron chi connectivity index (χ1n) is 12.6. The Kier molecular flexibility index (Phi) is 7.02. The molecule has 1 unspecified atom stereocenters. The number of nitrogens with zero attached hydrogens (tertiary/aromatic N) is 4. The molecule has 0 saturated carbocycles. The summed E-state index contributed by atoms with van der Waals surface area (Å²) in [7, 11) is 2.12. The second kappa shape index (κ2) is 10.5. The molecule has 5 rings (SSSR count). The molecule has 36 heavy (non-hydrogen) atoms. The van der Waals surface area contributed by atoms with E-state index >= 15 is 0 Å². The maximum absolute atomic E-state index is 11.4. The lowest BCUT2D eigenvalue weighted by Gasteiger charge is -2.29. The van der Waals surface area contributed by atoms with Gasteiger partial charge in [0.25, 0.3) is 5.91 Å². The highest BCUT2D eigenvalue weighted by molar-refractivity contribution is 5.90. The van der Waals surface area contributed by atoms with E-state index in [1.54, 1.807) is 11.6 Å². The van der Waals surface area contributed by atoms with Gasteiger partial charge in [-0.1, -0.05) is 36.4 Å². The normalized spacial score (nSPS) is 15.3. The fourth-order valence-corrected chi connectivity index (χ4v) is 5.44. The van der Waals surface area contributed by atoms with Gasteiger partial charge in [0.05, 0.1) is 6.20 Å². The Balaban J connectivity index is 1.40. The summed E-state index contributed by atoms with van der Waals surface area (Å²) in [6, 6.07) is 15.4. The first-order chi connectivity index (χ1) is 17.6. The van der Waals surface area contributed by atoms with Crippen LogP contribution in [0.5, 0.6) is 0 Å². The Labute approximate surface area is 211 Å². The van der Waals surface area contributed by atoms with Gasteiger partial charge >= 0.3 is 0 Å². The third-order valence-electron chi connectivity index (χ3n) is 7.24. The predicted molar refractivity (Wildman–Crippen MR) is 141 cm³/mol. The van der Waals surface area contributed by atoms with Crippen LogP contribution in [0.4, 0.5) is 0 Å². The van der Waals surface area contributed by atoms with Crippen LogP contribution in [0.3, 0.4) is 0 Å². The van der Waals surface area contributed by atoms with Crippen LogP contribution in [-0.4, -0.2) is 36.9 Å². The van der Waals surface area contributed by atoms with Crippen LogP contribution in [0.25, 0.3) is 17.0 Å². The van der Waals surface area contributed by atoms with E-state index in [0.717, 1.165) is 44.5 Å². The molecule has 2 heterocycles.